The van der Waals surface area contributed by atoms with Crippen molar-refractivity contribution in [2.24, 2.45) is 0 Å². The Morgan fingerprint density at radius 3 is 2.47 bits per heavy atom. The first-order valence-electron chi connectivity index (χ1n) is 10.7. The fourth-order valence-corrected chi connectivity index (χ4v) is 7.17. The van der Waals surface area contributed by atoms with Crippen LogP contribution in [0.15, 0.2) is 24.1 Å². The highest BCUT2D eigenvalue weighted by molar-refractivity contribution is 7.99. The molecule has 0 bridgehead atoms. The molecule has 0 spiro atoms. The highest BCUT2D eigenvalue weighted by Gasteiger charge is 2.47. The number of nitrogen functional groups attached to an aromatic ring is 1. The largest absolute Gasteiger partial charge is 0.490 e. The van der Waals surface area contributed by atoms with E-state index < -0.39 is 54.6 Å². The first-order chi connectivity index (χ1) is 17.6. The standard InChI is InChI=1S/C16H26N5O13P3S/c1-2-3-4-5-6-38-16-19-13(17)10-14(20-16)21(8-18-10)15-12(23)11(22)9(32-15)7-31-36(27,28)34-37(29,30)33-35(24,25)26/h2,8-9,11-12,15,22-23H,1,3-7H2,(H,27,28)(H,29,30)(H2,17,19,20)(H2,24,25,26)/t9-,11-,12-,15-/m1/s1. The molecule has 0 amide bonds. The molecule has 0 saturated carbocycles. The molecule has 38 heavy (non-hydrogen) atoms. The number of ether oxygens (including phenoxy) is 1. The minimum atomic E-state index is -5.73. The van der Waals surface area contributed by atoms with Crippen molar-refractivity contribution in [2.75, 3.05) is 18.1 Å². The number of nitrogens with two attached hydrogens (primary N) is 1. The number of allylic oxidation sites excluding steroid dienone is 1. The van der Waals surface area contributed by atoms with Crippen LogP contribution in [0.5, 0.6) is 0 Å². The summed E-state index contributed by atoms with van der Waals surface area (Å²) in [6, 6.07) is 0. The molecule has 6 atom stereocenters. The van der Waals surface area contributed by atoms with Gasteiger partial charge in [0.25, 0.3) is 0 Å². The molecule has 214 valence electrons. The van der Waals surface area contributed by atoms with Crippen LogP contribution in [-0.2, 0) is 31.6 Å². The fraction of sp³-hybridized carbons (Fsp3) is 0.562. The monoisotopic (exact) mass is 621 g/mol. The Hall–Kier alpha value is -1.27. The molecule has 2 aromatic heterocycles. The smallest absolute Gasteiger partial charge is 0.387 e. The first-order valence-corrected chi connectivity index (χ1v) is 16.2. The van der Waals surface area contributed by atoms with Crippen molar-refractivity contribution in [1.29, 1.82) is 0 Å². The van der Waals surface area contributed by atoms with Crippen LogP contribution >= 0.6 is 35.2 Å². The molecule has 1 aliphatic rings. The highest BCUT2D eigenvalue weighted by Crippen LogP contribution is 2.66. The van der Waals surface area contributed by atoms with Gasteiger partial charge in [-0.25, -0.2) is 28.6 Å². The third-order valence-corrected chi connectivity index (χ3v) is 9.63. The molecule has 1 saturated heterocycles. The van der Waals surface area contributed by atoms with Crippen molar-refractivity contribution in [1.82, 2.24) is 19.5 Å². The van der Waals surface area contributed by atoms with Crippen LogP contribution in [0.4, 0.5) is 5.82 Å². The van der Waals surface area contributed by atoms with Gasteiger partial charge in [-0.15, -0.1) is 6.58 Å². The number of unbranched alkanes of at least 4 members (excludes halogenated alkanes) is 2. The molecule has 18 nitrogen and oxygen atoms in total. The number of rotatable bonds is 14. The summed E-state index contributed by atoms with van der Waals surface area (Å²) in [5.41, 5.74) is 6.37. The minimum Gasteiger partial charge on any atom is -0.387 e. The van der Waals surface area contributed by atoms with Crippen molar-refractivity contribution in [3.63, 3.8) is 0 Å². The van der Waals surface area contributed by atoms with Crippen LogP contribution in [0.25, 0.3) is 11.2 Å². The third-order valence-electron chi connectivity index (χ3n) is 4.89. The first kappa shape index (κ1) is 31.3. The van der Waals surface area contributed by atoms with E-state index in [1.165, 1.54) is 22.7 Å². The van der Waals surface area contributed by atoms with Crippen LogP contribution in [0.3, 0.4) is 0 Å². The number of hydrogen-bond acceptors (Lipinski definition) is 14. The number of fused-ring (bicyclic) bond motifs is 1. The van der Waals surface area contributed by atoms with Crippen LogP contribution in [-0.4, -0.2) is 80.0 Å². The maximum absolute atomic E-state index is 12.0. The van der Waals surface area contributed by atoms with Gasteiger partial charge < -0.3 is 40.3 Å². The highest BCUT2D eigenvalue weighted by atomic mass is 32.2. The molecule has 1 fully saturated rings. The summed E-state index contributed by atoms with van der Waals surface area (Å²) in [7, 11) is -16.8. The molecule has 1 aliphatic heterocycles. The van der Waals surface area contributed by atoms with E-state index in [-0.39, 0.29) is 17.0 Å². The third kappa shape index (κ3) is 8.36. The predicted molar refractivity (Wildman–Crippen MR) is 130 cm³/mol. The van der Waals surface area contributed by atoms with Crippen molar-refractivity contribution in [3.8, 4) is 0 Å². The Labute approximate surface area is 219 Å². The lowest BCUT2D eigenvalue weighted by Crippen LogP contribution is -2.33. The molecule has 0 aliphatic carbocycles. The number of nitrogens with zero attached hydrogens (tertiary/aromatic N) is 4. The molecule has 3 heterocycles. The number of anilines is 1. The number of aliphatic hydroxyl groups is 2. The Morgan fingerprint density at radius 1 is 1.11 bits per heavy atom. The second-order valence-corrected chi connectivity index (χ2v) is 13.3. The van der Waals surface area contributed by atoms with Gasteiger partial charge in [-0.2, -0.15) is 8.62 Å². The average molecular weight is 621 g/mol. The van der Waals surface area contributed by atoms with Crippen molar-refractivity contribution >= 4 is 52.2 Å². The van der Waals surface area contributed by atoms with E-state index >= 15 is 0 Å². The molecule has 3 rings (SSSR count). The van der Waals surface area contributed by atoms with Gasteiger partial charge in [0.05, 0.1) is 12.9 Å². The van der Waals surface area contributed by atoms with Crippen molar-refractivity contribution in [2.45, 2.75) is 49.0 Å². The summed E-state index contributed by atoms with van der Waals surface area (Å²) >= 11 is 1.35. The van der Waals surface area contributed by atoms with E-state index in [0.717, 1.165) is 19.3 Å². The van der Waals surface area contributed by atoms with Crippen LogP contribution < -0.4 is 5.73 Å². The van der Waals surface area contributed by atoms with Gasteiger partial charge in [0.15, 0.2) is 22.8 Å². The average Bonchev–Trinajstić information content (AvgIpc) is 3.31. The zero-order valence-electron chi connectivity index (χ0n) is 19.4. The molecular weight excluding hydrogens is 595 g/mol. The normalized spacial score (nSPS) is 25.3. The van der Waals surface area contributed by atoms with Crippen LogP contribution in [0.2, 0.25) is 0 Å². The Balaban J connectivity index is 1.70. The number of aromatic nitrogens is 4. The van der Waals surface area contributed by atoms with E-state index in [1.54, 1.807) is 0 Å². The second kappa shape index (κ2) is 12.5. The zero-order valence-corrected chi connectivity index (χ0v) is 22.9. The Kier molecular flexibility index (Phi) is 10.3. The topological polar surface area (TPSA) is 279 Å². The second-order valence-electron chi connectivity index (χ2n) is 7.78. The Morgan fingerprint density at radius 2 is 1.82 bits per heavy atom. The van der Waals surface area contributed by atoms with Crippen LogP contribution in [0.1, 0.15) is 25.5 Å². The predicted octanol–water partition coefficient (Wildman–Crippen LogP) is 0.819. The minimum absolute atomic E-state index is 0.0691. The van der Waals surface area contributed by atoms with E-state index in [4.69, 9.17) is 20.3 Å². The lowest BCUT2D eigenvalue weighted by molar-refractivity contribution is -0.0503. The van der Waals surface area contributed by atoms with E-state index in [1.807, 2.05) is 6.08 Å². The lowest BCUT2D eigenvalue weighted by Gasteiger charge is -2.19. The van der Waals surface area contributed by atoms with Crippen molar-refractivity contribution < 1.29 is 61.4 Å². The molecule has 8 N–H and O–H groups in total. The number of phosphoric ester groups is 1. The maximum atomic E-state index is 12.0. The van der Waals surface area contributed by atoms with Gasteiger partial charge in [-0.05, 0) is 19.3 Å². The van der Waals surface area contributed by atoms with Crippen LogP contribution in [0, 0.1) is 0 Å². The summed E-state index contributed by atoms with van der Waals surface area (Å²) in [4.78, 5) is 48.7. The van der Waals surface area contributed by atoms with Gasteiger partial charge in [0.2, 0.25) is 0 Å². The molecule has 2 unspecified atom stereocenters. The summed E-state index contributed by atoms with van der Waals surface area (Å²) in [6.45, 7) is 2.70. The summed E-state index contributed by atoms with van der Waals surface area (Å²) in [6.07, 6.45) is -0.353. The summed E-state index contributed by atoms with van der Waals surface area (Å²) < 4.78 is 52.7. The molecule has 0 aromatic carbocycles. The SMILES string of the molecule is C=CCCCCSc1nc(N)c2ncn([C@@H]3O[C@H](COP(=O)(O)OP(=O)(O)OP(=O)(O)O)[C@@H](O)[C@H]3O)c2n1. The number of imidazole rings is 1. The lowest BCUT2D eigenvalue weighted by atomic mass is 10.1. The summed E-state index contributed by atoms with van der Waals surface area (Å²) in [5, 5.41) is 21.3. The number of aliphatic hydroxyl groups excluding tert-OH is 2. The van der Waals surface area contributed by atoms with E-state index in [2.05, 4.69) is 34.7 Å². The van der Waals surface area contributed by atoms with Gasteiger partial charge in [-0.3, -0.25) is 9.09 Å². The zero-order chi connectivity index (χ0) is 28.3. The number of thioether (sulfide) groups is 1. The van der Waals surface area contributed by atoms with Gasteiger partial charge >= 0.3 is 23.5 Å². The van der Waals surface area contributed by atoms with E-state index in [9.17, 15) is 33.7 Å². The van der Waals surface area contributed by atoms with Gasteiger partial charge in [-0.1, -0.05) is 17.8 Å². The molecule has 0 radical (unpaired) electrons. The number of hydrogen-bond donors (Lipinski definition) is 7. The Bertz CT molecular complexity index is 1290. The fourth-order valence-electron chi connectivity index (χ4n) is 3.29. The number of phosphoric acid groups is 3. The summed E-state index contributed by atoms with van der Waals surface area (Å²) in [5.74, 6) is 0.774. The van der Waals surface area contributed by atoms with Crippen molar-refractivity contribution in [3.05, 3.63) is 19.0 Å². The maximum Gasteiger partial charge on any atom is 0.490 e. The molecular formula is C16H26N5O13P3S. The van der Waals surface area contributed by atoms with E-state index in [0.29, 0.717) is 10.9 Å². The quantitative estimate of drug-likeness (QED) is 0.0505. The molecule has 2 aromatic rings. The van der Waals surface area contributed by atoms with Gasteiger partial charge in [0, 0.05) is 5.75 Å². The molecule has 22 heteroatoms. The van der Waals surface area contributed by atoms with Gasteiger partial charge in [0.1, 0.15) is 23.8 Å².